The Balaban J connectivity index is 2.73. The summed E-state index contributed by atoms with van der Waals surface area (Å²) in [5, 5.41) is 0. The third-order valence-corrected chi connectivity index (χ3v) is 2.34. The molecule has 0 heterocycles. The Bertz CT molecular complexity index is 196. The SMILES string of the molecule is CC1C=CC(Br)=CC1C(F)F. The maximum Gasteiger partial charge on any atom is 0.245 e. The molecule has 0 saturated carbocycles. The Kier molecular flexibility index (Phi) is 2.82. The van der Waals surface area contributed by atoms with E-state index in [2.05, 4.69) is 15.9 Å². The quantitative estimate of drug-likeness (QED) is 0.639. The van der Waals surface area contributed by atoms with Gasteiger partial charge >= 0.3 is 0 Å². The Morgan fingerprint density at radius 2 is 2.18 bits per heavy atom. The van der Waals surface area contributed by atoms with Crippen LogP contribution in [0.1, 0.15) is 6.92 Å². The second-order valence-electron chi connectivity index (χ2n) is 2.68. The standard InChI is InChI=1S/C8H9BrF2/c1-5-2-3-6(9)4-7(5)8(10)11/h2-5,7-8H,1H3. The van der Waals surface area contributed by atoms with Gasteiger partial charge in [0.1, 0.15) is 0 Å². The summed E-state index contributed by atoms with van der Waals surface area (Å²) in [6.45, 7) is 1.79. The summed E-state index contributed by atoms with van der Waals surface area (Å²) in [6, 6.07) is 0. The van der Waals surface area contributed by atoms with Crippen molar-refractivity contribution in [3.05, 3.63) is 22.7 Å². The monoisotopic (exact) mass is 222 g/mol. The van der Waals surface area contributed by atoms with E-state index in [0.717, 1.165) is 4.48 Å². The Hall–Kier alpha value is -0.180. The molecule has 1 rings (SSSR count). The van der Waals surface area contributed by atoms with Crippen molar-refractivity contribution < 1.29 is 8.78 Å². The van der Waals surface area contributed by atoms with Crippen molar-refractivity contribution in [2.24, 2.45) is 11.8 Å². The average molecular weight is 223 g/mol. The summed E-state index contributed by atoms with van der Waals surface area (Å²) < 4.78 is 25.2. The van der Waals surface area contributed by atoms with Crippen LogP contribution >= 0.6 is 15.9 Å². The Morgan fingerprint density at radius 1 is 1.55 bits per heavy atom. The van der Waals surface area contributed by atoms with E-state index in [1.54, 1.807) is 19.1 Å². The number of hydrogen-bond donors (Lipinski definition) is 0. The molecular weight excluding hydrogens is 214 g/mol. The molecule has 0 spiro atoms. The second-order valence-corrected chi connectivity index (χ2v) is 3.60. The number of alkyl halides is 2. The lowest BCUT2D eigenvalue weighted by Gasteiger charge is -2.20. The fraction of sp³-hybridized carbons (Fsp3) is 0.500. The molecule has 0 fully saturated rings. The second kappa shape index (κ2) is 3.48. The minimum Gasteiger partial charge on any atom is -0.210 e. The zero-order valence-electron chi connectivity index (χ0n) is 6.10. The van der Waals surface area contributed by atoms with Crippen LogP contribution in [-0.4, -0.2) is 6.43 Å². The molecule has 11 heavy (non-hydrogen) atoms. The van der Waals surface area contributed by atoms with Gasteiger partial charge in [-0.3, -0.25) is 0 Å². The Labute approximate surface area is 73.1 Å². The zero-order chi connectivity index (χ0) is 8.43. The summed E-state index contributed by atoms with van der Waals surface area (Å²) in [7, 11) is 0. The molecular formula is C8H9BrF2. The van der Waals surface area contributed by atoms with Gasteiger partial charge in [0.2, 0.25) is 6.43 Å². The van der Waals surface area contributed by atoms with E-state index in [4.69, 9.17) is 0 Å². The number of allylic oxidation sites excluding steroid dienone is 4. The normalized spacial score (nSPS) is 30.8. The van der Waals surface area contributed by atoms with Gasteiger partial charge in [-0.25, -0.2) is 8.78 Å². The predicted octanol–water partition coefficient (Wildman–Crippen LogP) is 3.35. The summed E-state index contributed by atoms with van der Waals surface area (Å²) in [5.74, 6) is -0.689. The van der Waals surface area contributed by atoms with E-state index in [1.807, 2.05) is 6.08 Å². The van der Waals surface area contributed by atoms with E-state index in [1.165, 1.54) is 0 Å². The summed E-state index contributed by atoms with van der Waals surface area (Å²) in [4.78, 5) is 0. The highest BCUT2D eigenvalue weighted by molar-refractivity contribution is 9.11. The molecule has 0 nitrogen and oxygen atoms in total. The molecule has 0 aliphatic heterocycles. The fourth-order valence-electron chi connectivity index (χ4n) is 1.07. The number of halogens is 3. The molecule has 0 aromatic rings. The Morgan fingerprint density at radius 3 is 2.64 bits per heavy atom. The minimum absolute atomic E-state index is 0.0590. The van der Waals surface area contributed by atoms with E-state index < -0.39 is 12.3 Å². The van der Waals surface area contributed by atoms with Crippen LogP contribution < -0.4 is 0 Å². The highest BCUT2D eigenvalue weighted by Gasteiger charge is 2.24. The third kappa shape index (κ3) is 2.12. The number of hydrogen-bond acceptors (Lipinski definition) is 0. The van der Waals surface area contributed by atoms with Gasteiger partial charge in [0, 0.05) is 10.4 Å². The first kappa shape index (κ1) is 8.91. The highest BCUT2D eigenvalue weighted by atomic mass is 79.9. The fourth-order valence-corrected chi connectivity index (χ4v) is 1.52. The van der Waals surface area contributed by atoms with Gasteiger partial charge in [-0.2, -0.15) is 0 Å². The van der Waals surface area contributed by atoms with Gasteiger partial charge in [-0.1, -0.05) is 41.1 Å². The smallest absolute Gasteiger partial charge is 0.210 e. The van der Waals surface area contributed by atoms with Crippen molar-refractivity contribution in [1.29, 1.82) is 0 Å². The van der Waals surface area contributed by atoms with Gasteiger partial charge in [-0.05, 0) is 5.92 Å². The van der Waals surface area contributed by atoms with Gasteiger partial charge in [-0.15, -0.1) is 0 Å². The van der Waals surface area contributed by atoms with Crippen LogP contribution in [0.5, 0.6) is 0 Å². The maximum atomic E-state index is 12.2. The van der Waals surface area contributed by atoms with Crippen molar-refractivity contribution in [3.8, 4) is 0 Å². The molecule has 1 aliphatic rings. The van der Waals surface area contributed by atoms with Crippen molar-refractivity contribution in [3.63, 3.8) is 0 Å². The maximum absolute atomic E-state index is 12.2. The van der Waals surface area contributed by atoms with Crippen LogP contribution in [0.25, 0.3) is 0 Å². The first-order valence-corrected chi connectivity index (χ1v) is 4.24. The van der Waals surface area contributed by atoms with Crippen molar-refractivity contribution in [1.82, 2.24) is 0 Å². The van der Waals surface area contributed by atoms with Crippen LogP contribution in [0.3, 0.4) is 0 Å². The van der Waals surface area contributed by atoms with E-state index >= 15 is 0 Å². The summed E-state index contributed by atoms with van der Waals surface area (Å²) in [5.41, 5.74) is 0. The van der Waals surface area contributed by atoms with E-state index in [-0.39, 0.29) is 5.92 Å². The molecule has 0 bridgehead atoms. The number of rotatable bonds is 1. The van der Waals surface area contributed by atoms with E-state index in [0.29, 0.717) is 0 Å². The minimum atomic E-state index is -2.26. The molecule has 0 amide bonds. The van der Waals surface area contributed by atoms with Crippen molar-refractivity contribution >= 4 is 15.9 Å². The topological polar surface area (TPSA) is 0 Å². The van der Waals surface area contributed by atoms with Gasteiger partial charge in [0.25, 0.3) is 0 Å². The molecule has 0 aromatic heterocycles. The van der Waals surface area contributed by atoms with Gasteiger partial charge in [0.15, 0.2) is 0 Å². The molecule has 2 unspecified atom stereocenters. The van der Waals surface area contributed by atoms with Crippen LogP contribution in [0.4, 0.5) is 8.78 Å². The first-order chi connectivity index (χ1) is 5.11. The third-order valence-electron chi connectivity index (χ3n) is 1.81. The summed E-state index contributed by atoms with van der Waals surface area (Å²) >= 11 is 3.17. The lowest BCUT2D eigenvalue weighted by molar-refractivity contribution is 0.0829. The zero-order valence-corrected chi connectivity index (χ0v) is 7.68. The molecule has 3 heteroatoms. The van der Waals surface area contributed by atoms with Crippen LogP contribution in [0.15, 0.2) is 22.7 Å². The molecule has 62 valence electrons. The van der Waals surface area contributed by atoms with Gasteiger partial charge < -0.3 is 0 Å². The highest BCUT2D eigenvalue weighted by Crippen LogP contribution is 2.29. The molecule has 0 saturated heterocycles. The molecule has 0 radical (unpaired) electrons. The molecule has 0 N–H and O–H groups in total. The van der Waals surface area contributed by atoms with Crippen molar-refractivity contribution in [2.45, 2.75) is 13.3 Å². The largest absolute Gasteiger partial charge is 0.245 e. The lowest BCUT2D eigenvalue weighted by Crippen LogP contribution is -2.18. The van der Waals surface area contributed by atoms with Gasteiger partial charge in [0.05, 0.1) is 0 Å². The lowest BCUT2D eigenvalue weighted by atomic mass is 9.90. The molecule has 1 aliphatic carbocycles. The first-order valence-electron chi connectivity index (χ1n) is 3.45. The van der Waals surface area contributed by atoms with Crippen LogP contribution in [0, 0.1) is 11.8 Å². The van der Waals surface area contributed by atoms with Crippen LogP contribution in [-0.2, 0) is 0 Å². The average Bonchev–Trinajstić information content (AvgIpc) is 1.94. The van der Waals surface area contributed by atoms with Crippen molar-refractivity contribution in [2.75, 3.05) is 0 Å². The van der Waals surface area contributed by atoms with E-state index in [9.17, 15) is 8.78 Å². The predicted molar refractivity (Wildman–Crippen MR) is 44.8 cm³/mol. The summed E-state index contributed by atoms with van der Waals surface area (Å²) in [6.07, 6.45) is 2.90. The van der Waals surface area contributed by atoms with Crippen LogP contribution in [0.2, 0.25) is 0 Å². The molecule has 0 aromatic carbocycles. The molecule has 2 atom stereocenters.